The molecule has 9 aromatic carbocycles. The van der Waals surface area contributed by atoms with Gasteiger partial charge in [-0.05, 0) is 126 Å². The van der Waals surface area contributed by atoms with Crippen LogP contribution in [-0.4, -0.2) is 7.32 Å². The highest BCUT2D eigenvalue weighted by Gasteiger charge is 2.47. The van der Waals surface area contributed by atoms with Crippen molar-refractivity contribution in [1.29, 1.82) is 0 Å². The fourth-order valence-electron chi connectivity index (χ4n) is 8.50. The highest BCUT2D eigenvalue weighted by molar-refractivity contribution is 7.95. The highest BCUT2D eigenvalue weighted by atomic mass is 32.1. The summed E-state index contributed by atoms with van der Waals surface area (Å²) in [6.07, 6.45) is -8.14. The van der Waals surface area contributed by atoms with Crippen molar-refractivity contribution in [3.05, 3.63) is 271 Å². The first-order chi connectivity index (χ1) is 34.6. The van der Waals surface area contributed by atoms with Crippen LogP contribution in [0.1, 0.15) is 22.3 Å². The zero-order chi connectivity index (χ0) is 51.2. The molecule has 0 atom stereocenters. The number of benzene rings is 9. The average molecular weight is 1040 g/mol. The molecule has 0 spiro atoms. The molecule has 0 unspecified atom stereocenters. The monoisotopic (exact) mass is 1040 g/mol. The van der Waals surface area contributed by atoms with Crippen LogP contribution in [0.25, 0.3) is 0 Å². The van der Waals surface area contributed by atoms with Crippen LogP contribution in [0.5, 0.6) is 5.75 Å². The predicted octanol–water partition coefficient (Wildman–Crippen LogP) is 11.7. The lowest BCUT2D eigenvalue weighted by molar-refractivity contribution is -0.372. The fourth-order valence-corrected chi connectivity index (χ4v) is 17.5. The molecule has 9 aromatic rings. The Labute approximate surface area is 428 Å². The molecule has 0 saturated heterocycles. The molecule has 72 heavy (non-hydrogen) atoms. The number of hydrogen-bond acceptors (Lipinski definition) is 5. The van der Waals surface area contributed by atoms with Crippen molar-refractivity contribution in [2.75, 3.05) is 0 Å². The molecule has 0 radical (unpaired) electrons. The largest absolute Gasteiger partial charge is 0.860 e. The van der Waals surface area contributed by atoms with Gasteiger partial charge in [-0.15, -0.1) is 25.3 Å². The van der Waals surface area contributed by atoms with Gasteiger partial charge in [0.2, 0.25) is 0 Å². The van der Waals surface area contributed by atoms with Crippen molar-refractivity contribution < 1.29 is 41.0 Å². The Kier molecular flexibility index (Phi) is 18.3. The topological polar surface area (TPSA) is 55.3 Å². The summed E-state index contributed by atoms with van der Waals surface area (Å²) in [5, 5.41) is 28.6. The smallest absolute Gasteiger partial charge is 0.416 e. The van der Waals surface area contributed by atoms with E-state index in [-0.39, 0.29) is 18.2 Å². The van der Waals surface area contributed by atoms with E-state index in [1.807, 2.05) is 12.1 Å². The molecule has 0 heterocycles. The summed E-state index contributed by atoms with van der Waals surface area (Å²) >= 11 is 9.16. The molecule has 364 valence electrons. The first kappa shape index (κ1) is 53.7. The van der Waals surface area contributed by atoms with E-state index in [1.54, 1.807) is 0 Å². The van der Waals surface area contributed by atoms with Crippen LogP contribution in [0.2, 0.25) is 0 Å². The van der Waals surface area contributed by atoms with Gasteiger partial charge in [0.05, 0.1) is 29.2 Å². The second-order valence-electron chi connectivity index (χ2n) is 16.4. The van der Waals surface area contributed by atoms with Gasteiger partial charge in [0, 0.05) is 9.79 Å². The lowest BCUT2D eigenvalue weighted by Gasteiger charge is -2.28. The van der Waals surface area contributed by atoms with E-state index in [2.05, 4.69) is 248 Å². The maximum Gasteiger partial charge on any atom is 0.416 e. The minimum atomic E-state index is -5.05. The normalized spacial score (nSPS) is 11.6. The second kappa shape index (κ2) is 24.6. The molecule has 0 fully saturated rings. The van der Waals surface area contributed by atoms with Crippen molar-refractivity contribution in [2.45, 2.75) is 34.5 Å². The van der Waals surface area contributed by atoms with Crippen molar-refractivity contribution in [2.24, 2.45) is 0 Å². The van der Waals surface area contributed by atoms with E-state index >= 15 is 0 Å². The van der Waals surface area contributed by atoms with Crippen LogP contribution in [0.3, 0.4) is 0 Å². The van der Waals surface area contributed by atoms with Gasteiger partial charge in [-0.1, -0.05) is 133 Å². The van der Waals surface area contributed by atoms with Crippen LogP contribution >= 0.6 is 39.8 Å². The Bertz CT molecular complexity index is 2690. The van der Waals surface area contributed by atoms with Crippen molar-refractivity contribution >= 4 is 78.9 Å². The standard InChI is InChI=1S/2C25H21PS.C8H3BF6O3/c2*27-25-18-10-11-21(19-25)20-26(22-12-4-1-5-13-22,23-14-6-2-7-15-23)24-16-8-3-9-17-24;10-7(11,12)4-1-5(8(13,14)15)3-6(2-4)18-9(16)17/h2*1-19H,20H2;1-3H/q;;-2/p+2. The van der Waals surface area contributed by atoms with E-state index in [0.29, 0.717) is 0 Å². The lowest BCUT2D eigenvalue weighted by atomic mass is 10.1. The second-order valence-corrected chi connectivity index (χ2v) is 24.4. The zero-order valence-corrected chi connectivity index (χ0v) is 42.0. The number of halogens is 6. The molecule has 14 heteroatoms. The zero-order valence-electron chi connectivity index (χ0n) is 38.4. The molecule has 0 bridgehead atoms. The summed E-state index contributed by atoms with van der Waals surface area (Å²) in [6, 6.07) is 83.3. The van der Waals surface area contributed by atoms with Gasteiger partial charge < -0.3 is 14.7 Å². The van der Waals surface area contributed by atoms with Gasteiger partial charge in [-0.2, -0.15) is 26.3 Å². The number of thiol groups is 2. The Balaban J connectivity index is 0.000000162. The summed E-state index contributed by atoms with van der Waals surface area (Å²) in [5.74, 6) is -1.08. The SMILES string of the molecule is Sc1cccc(C[P+](c2ccccc2)(c2ccccc2)c2ccccc2)c1.Sc1cccc(C[P+](c2ccccc2)(c2ccccc2)c2ccccc2)c1.[O-]B([O-])Oc1cc(C(F)(F)F)cc(C(F)(F)F)c1. The summed E-state index contributed by atoms with van der Waals surface area (Å²) < 4.78 is 77.5. The van der Waals surface area contributed by atoms with Crippen molar-refractivity contribution in [1.82, 2.24) is 0 Å². The molecule has 3 nitrogen and oxygen atoms in total. The first-order valence-electron chi connectivity index (χ1n) is 22.5. The third kappa shape index (κ3) is 13.7. The summed E-state index contributed by atoms with van der Waals surface area (Å²) in [6.45, 7) is 0. The van der Waals surface area contributed by atoms with Gasteiger partial charge >= 0.3 is 12.4 Å². The van der Waals surface area contributed by atoms with Crippen LogP contribution in [-0.2, 0) is 24.7 Å². The third-order valence-corrected chi connectivity index (χ3v) is 20.9. The van der Waals surface area contributed by atoms with Crippen molar-refractivity contribution in [3.63, 3.8) is 0 Å². The van der Waals surface area contributed by atoms with E-state index in [1.165, 1.54) is 43.0 Å². The average Bonchev–Trinajstić information content (AvgIpc) is 3.38. The Morgan fingerprint density at radius 2 is 0.625 bits per heavy atom. The minimum Gasteiger partial charge on any atom is -0.860 e. The summed E-state index contributed by atoms with van der Waals surface area (Å²) in [7, 11) is -6.68. The molecule has 0 saturated carbocycles. The predicted molar refractivity (Wildman–Crippen MR) is 288 cm³/mol. The number of alkyl halides is 6. The quantitative estimate of drug-likeness (QED) is 0.0555. The lowest BCUT2D eigenvalue weighted by Crippen LogP contribution is -2.50. The van der Waals surface area contributed by atoms with Crippen LogP contribution in [0.15, 0.2) is 259 Å². The molecule has 0 amide bonds. The van der Waals surface area contributed by atoms with Crippen LogP contribution < -0.4 is 46.5 Å². The molecule has 0 aliphatic heterocycles. The highest BCUT2D eigenvalue weighted by Crippen LogP contribution is 2.59. The Morgan fingerprint density at radius 1 is 0.361 bits per heavy atom. The van der Waals surface area contributed by atoms with Crippen LogP contribution in [0.4, 0.5) is 26.3 Å². The van der Waals surface area contributed by atoms with Gasteiger partial charge in [0.25, 0.3) is 0 Å². The fraction of sp³-hybridized carbons (Fsp3) is 0.0690. The first-order valence-corrected chi connectivity index (χ1v) is 27.4. The van der Waals surface area contributed by atoms with Crippen LogP contribution in [0, 0.1) is 0 Å². The maximum atomic E-state index is 12.3. The maximum absolute atomic E-state index is 12.3. The molecule has 0 N–H and O–H groups in total. The molecular formula is C58H47BF6O3P2S2. The van der Waals surface area contributed by atoms with E-state index in [0.717, 1.165) is 22.1 Å². The minimum absolute atomic E-state index is 0.141. The van der Waals surface area contributed by atoms with E-state index < -0.39 is 51.1 Å². The molecule has 9 rings (SSSR count). The van der Waals surface area contributed by atoms with Gasteiger partial charge in [-0.25, -0.2) is 0 Å². The Morgan fingerprint density at radius 3 is 0.847 bits per heavy atom. The van der Waals surface area contributed by atoms with Gasteiger partial charge in [-0.3, -0.25) is 0 Å². The van der Waals surface area contributed by atoms with Gasteiger partial charge in [0.15, 0.2) is 0 Å². The number of rotatable bonds is 12. The molecule has 0 aliphatic carbocycles. The van der Waals surface area contributed by atoms with E-state index in [9.17, 15) is 36.4 Å². The number of hydrogen-bond donors (Lipinski definition) is 2. The summed E-state index contributed by atoms with van der Waals surface area (Å²) in [5.41, 5.74) is -0.666. The summed E-state index contributed by atoms with van der Waals surface area (Å²) in [4.78, 5) is 2.03. The third-order valence-electron chi connectivity index (χ3n) is 11.6. The van der Waals surface area contributed by atoms with Gasteiger partial charge in [0.1, 0.15) is 53.7 Å². The molecular weight excluding hydrogens is 996 g/mol. The van der Waals surface area contributed by atoms with Crippen molar-refractivity contribution in [3.8, 4) is 5.75 Å². The van der Waals surface area contributed by atoms with E-state index in [4.69, 9.17) is 0 Å². The molecule has 0 aromatic heterocycles. The molecule has 0 aliphatic rings. The Hall–Kier alpha value is -6.10.